The van der Waals surface area contributed by atoms with Crippen molar-refractivity contribution < 1.29 is 4.43 Å². The standard InChI is InChI=1S/C13H27N3OSi/c1-13(2,3)18(5,6)17-8-7-14-9-12-10-15-16(4)11-12/h10-11,14H,7-9H2,1-6H3. The molecular formula is C13H27N3OSi. The summed E-state index contributed by atoms with van der Waals surface area (Å²) in [6.45, 7) is 13.9. The minimum absolute atomic E-state index is 0.288. The quantitative estimate of drug-likeness (QED) is 0.637. The lowest BCUT2D eigenvalue weighted by atomic mass is 10.2. The molecule has 0 aliphatic carbocycles. The Kier molecular flexibility index (Phi) is 5.13. The van der Waals surface area contributed by atoms with Gasteiger partial charge in [0.15, 0.2) is 8.32 Å². The van der Waals surface area contributed by atoms with Crippen molar-refractivity contribution in [3.63, 3.8) is 0 Å². The molecule has 1 aromatic heterocycles. The molecule has 0 aliphatic rings. The van der Waals surface area contributed by atoms with E-state index in [9.17, 15) is 0 Å². The fourth-order valence-electron chi connectivity index (χ4n) is 1.39. The van der Waals surface area contributed by atoms with Crippen LogP contribution in [0.15, 0.2) is 12.4 Å². The molecule has 0 amide bonds. The van der Waals surface area contributed by atoms with Gasteiger partial charge in [0.1, 0.15) is 0 Å². The zero-order valence-corrected chi connectivity index (χ0v) is 13.6. The van der Waals surface area contributed by atoms with Crippen LogP contribution < -0.4 is 5.32 Å². The Labute approximate surface area is 112 Å². The molecule has 1 heterocycles. The van der Waals surface area contributed by atoms with Crippen molar-refractivity contribution in [1.82, 2.24) is 15.1 Å². The average molecular weight is 269 g/mol. The monoisotopic (exact) mass is 269 g/mol. The second-order valence-electron chi connectivity index (χ2n) is 6.31. The van der Waals surface area contributed by atoms with Crippen LogP contribution in [0, 0.1) is 0 Å². The molecule has 1 aromatic rings. The predicted molar refractivity (Wildman–Crippen MR) is 78.1 cm³/mol. The van der Waals surface area contributed by atoms with Crippen LogP contribution in [-0.2, 0) is 18.0 Å². The zero-order chi connectivity index (χ0) is 13.8. The highest BCUT2D eigenvalue weighted by atomic mass is 28.4. The smallest absolute Gasteiger partial charge is 0.192 e. The Balaban J connectivity index is 2.19. The first kappa shape index (κ1) is 15.4. The van der Waals surface area contributed by atoms with Gasteiger partial charge in [0.2, 0.25) is 0 Å². The van der Waals surface area contributed by atoms with Crippen LogP contribution in [-0.4, -0.2) is 31.2 Å². The van der Waals surface area contributed by atoms with Crippen LogP contribution in [0.5, 0.6) is 0 Å². The molecule has 0 saturated heterocycles. The third-order valence-electron chi connectivity index (χ3n) is 3.64. The number of rotatable bonds is 6. The van der Waals surface area contributed by atoms with E-state index in [1.54, 1.807) is 0 Å². The minimum Gasteiger partial charge on any atom is -0.416 e. The molecule has 1 rings (SSSR count). The van der Waals surface area contributed by atoms with E-state index in [0.717, 1.165) is 19.7 Å². The fourth-order valence-corrected chi connectivity index (χ4v) is 2.44. The summed E-state index contributed by atoms with van der Waals surface area (Å²) >= 11 is 0. The van der Waals surface area contributed by atoms with Gasteiger partial charge in [0.25, 0.3) is 0 Å². The van der Waals surface area contributed by atoms with E-state index in [1.807, 2.05) is 24.1 Å². The molecule has 0 unspecified atom stereocenters. The number of hydrogen-bond acceptors (Lipinski definition) is 3. The van der Waals surface area contributed by atoms with Crippen molar-refractivity contribution in [1.29, 1.82) is 0 Å². The predicted octanol–water partition coefficient (Wildman–Crippen LogP) is 2.53. The molecule has 4 nitrogen and oxygen atoms in total. The first-order valence-electron chi connectivity index (χ1n) is 6.54. The number of nitrogens with one attached hydrogen (secondary N) is 1. The van der Waals surface area contributed by atoms with E-state index in [4.69, 9.17) is 4.43 Å². The van der Waals surface area contributed by atoms with Crippen LogP contribution in [0.2, 0.25) is 18.1 Å². The Morgan fingerprint density at radius 3 is 2.56 bits per heavy atom. The maximum absolute atomic E-state index is 6.09. The van der Waals surface area contributed by atoms with Crippen molar-refractivity contribution in [2.24, 2.45) is 7.05 Å². The fraction of sp³-hybridized carbons (Fsp3) is 0.769. The van der Waals surface area contributed by atoms with Gasteiger partial charge in [-0.15, -0.1) is 0 Å². The Morgan fingerprint density at radius 1 is 1.39 bits per heavy atom. The van der Waals surface area contributed by atoms with E-state index in [1.165, 1.54) is 5.56 Å². The topological polar surface area (TPSA) is 39.1 Å². The van der Waals surface area contributed by atoms with Gasteiger partial charge in [0.05, 0.1) is 6.20 Å². The normalized spacial score (nSPS) is 13.0. The summed E-state index contributed by atoms with van der Waals surface area (Å²) in [6, 6.07) is 0. The van der Waals surface area contributed by atoms with Gasteiger partial charge in [-0.05, 0) is 18.1 Å². The first-order chi connectivity index (χ1) is 8.22. The van der Waals surface area contributed by atoms with Gasteiger partial charge in [-0.2, -0.15) is 5.10 Å². The molecule has 18 heavy (non-hydrogen) atoms. The van der Waals surface area contributed by atoms with E-state index >= 15 is 0 Å². The van der Waals surface area contributed by atoms with Gasteiger partial charge >= 0.3 is 0 Å². The Hall–Kier alpha value is -0.653. The lowest BCUT2D eigenvalue weighted by Crippen LogP contribution is -2.42. The molecule has 0 aliphatic heterocycles. The molecule has 0 aromatic carbocycles. The van der Waals surface area contributed by atoms with Gasteiger partial charge in [-0.25, -0.2) is 0 Å². The molecule has 0 atom stereocenters. The van der Waals surface area contributed by atoms with Gasteiger partial charge in [-0.1, -0.05) is 20.8 Å². The summed E-state index contributed by atoms with van der Waals surface area (Å²) < 4.78 is 7.92. The summed E-state index contributed by atoms with van der Waals surface area (Å²) in [5.41, 5.74) is 1.21. The average Bonchev–Trinajstić information content (AvgIpc) is 2.62. The summed E-state index contributed by atoms with van der Waals surface area (Å²) in [6.07, 6.45) is 3.92. The van der Waals surface area contributed by atoms with Crippen LogP contribution in [0.3, 0.4) is 0 Å². The summed E-state index contributed by atoms with van der Waals surface area (Å²) in [5.74, 6) is 0. The van der Waals surface area contributed by atoms with Crippen molar-refractivity contribution in [3.8, 4) is 0 Å². The Morgan fingerprint density at radius 2 is 2.06 bits per heavy atom. The third kappa shape index (κ3) is 4.55. The van der Waals surface area contributed by atoms with Gasteiger partial charge in [-0.3, -0.25) is 4.68 Å². The molecule has 0 spiro atoms. The molecule has 5 heteroatoms. The van der Waals surface area contributed by atoms with Crippen LogP contribution in [0.1, 0.15) is 26.3 Å². The third-order valence-corrected chi connectivity index (χ3v) is 8.17. The van der Waals surface area contributed by atoms with Crippen molar-refractivity contribution in [3.05, 3.63) is 18.0 Å². The van der Waals surface area contributed by atoms with Crippen LogP contribution in [0.25, 0.3) is 0 Å². The number of aryl methyl sites for hydroxylation is 1. The van der Waals surface area contributed by atoms with Crippen LogP contribution in [0.4, 0.5) is 0 Å². The second kappa shape index (κ2) is 5.99. The molecule has 1 N–H and O–H groups in total. The highest BCUT2D eigenvalue weighted by molar-refractivity contribution is 6.74. The number of aromatic nitrogens is 2. The Bertz CT molecular complexity index is 369. The van der Waals surface area contributed by atoms with Crippen molar-refractivity contribution in [2.45, 2.75) is 45.4 Å². The molecule has 0 fully saturated rings. The lowest BCUT2D eigenvalue weighted by Gasteiger charge is -2.36. The molecule has 0 radical (unpaired) electrons. The highest BCUT2D eigenvalue weighted by Crippen LogP contribution is 2.36. The van der Waals surface area contributed by atoms with E-state index < -0.39 is 8.32 Å². The van der Waals surface area contributed by atoms with E-state index in [0.29, 0.717) is 0 Å². The van der Waals surface area contributed by atoms with Crippen molar-refractivity contribution >= 4 is 8.32 Å². The van der Waals surface area contributed by atoms with Gasteiger partial charge < -0.3 is 9.74 Å². The van der Waals surface area contributed by atoms with E-state index in [2.05, 4.69) is 44.3 Å². The SMILES string of the molecule is Cn1cc(CNCCO[Si](C)(C)C(C)(C)C)cn1. The molecular weight excluding hydrogens is 242 g/mol. The first-order valence-corrected chi connectivity index (χ1v) is 9.45. The number of nitrogens with zero attached hydrogens (tertiary/aromatic N) is 2. The largest absolute Gasteiger partial charge is 0.416 e. The number of hydrogen-bond donors (Lipinski definition) is 1. The van der Waals surface area contributed by atoms with Crippen LogP contribution >= 0.6 is 0 Å². The maximum atomic E-state index is 6.09. The van der Waals surface area contributed by atoms with Gasteiger partial charge in [0, 0.05) is 38.5 Å². The van der Waals surface area contributed by atoms with E-state index in [-0.39, 0.29) is 5.04 Å². The lowest BCUT2D eigenvalue weighted by molar-refractivity contribution is 0.285. The maximum Gasteiger partial charge on any atom is 0.192 e. The van der Waals surface area contributed by atoms with Crippen molar-refractivity contribution in [2.75, 3.05) is 13.2 Å². The summed E-state index contributed by atoms with van der Waals surface area (Å²) in [7, 11) is 0.348. The second-order valence-corrected chi connectivity index (χ2v) is 11.1. The molecule has 104 valence electrons. The molecule has 0 bridgehead atoms. The molecule has 0 saturated carbocycles. The minimum atomic E-state index is -1.59. The highest BCUT2D eigenvalue weighted by Gasteiger charge is 2.36. The summed E-state index contributed by atoms with van der Waals surface area (Å²) in [5, 5.41) is 7.81. The summed E-state index contributed by atoms with van der Waals surface area (Å²) in [4.78, 5) is 0. The zero-order valence-electron chi connectivity index (χ0n) is 12.6.